The molecule has 2 aromatic heterocycles. The number of hydrogen-bond donors (Lipinski definition) is 0. The fourth-order valence-electron chi connectivity index (χ4n) is 2.72. The van der Waals surface area contributed by atoms with Crippen molar-refractivity contribution in [2.75, 3.05) is 6.61 Å². The third-order valence-electron chi connectivity index (χ3n) is 3.91. The molecule has 0 amide bonds. The number of nitrogens with zero attached hydrogens (tertiary/aromatic N) is 2. The van der Waals surface area contributed by atoms with E-state index in [0.717, 1.165) is 11.1 Å². The Morgan fingerprint density at radius 1 is 1.04 bits per heavy atom. The first-order valence-corrected chi connectivity index (χ1v) is 7.87. The second kappa shape index (κ2) is 6.20. The maximum atomic E-state index is 12.6. The number of ether oxygens (including phenoxy) is 1. The molecule has 2 aromatic carbocycles. The van der Waals surface area contributed by atoms with Crippen LogP contribution in [0.25, 0.3) is 22.1 Å². The Hall–Kier alpha value is -3.08. The van der Waals surface area contributed by atoms with Crippen LogP contribution in [0.1, 0.15) is 6.42 Å². The highest BCUT2D eigenvalue weighted by molar-refractivity contribution is 6.01. The van der Waals surface area contributed by atoms with E-state index in [9.17, 15) is 4.79 Å². The molecule has 120 valence electrons. The first kappa shape index (κ1) is 14.5. The van der Waals surface area contributed by atoms with Gasteiger partial charge in [0.25, 0.3) is 5.56 Å². The van der Waals surface area contributed by atoms with Gasteiger partial charge in [-0.3, -0.25) is 9.36 Å². The standard InChI is InChI=1S/C19H16N2O3/c22-19-18-17(15-9-4-5-10-16(15)24-18)20-13-21(19)11-6-12-23-14-7-2-1-3-8-14/h1-5,7-10,13H,6,11-12H2. The minimum absolute atomic E-state index is 0.157. The average Bonchev–Trinajstić information content (AvgIpc) is 3.01. The molecule has 0 aliphatic rings. The zero-order chi connectivity index (χ0) is 16.4. The summed E-state index contributed by atoms with van der Waals surface area (Å²) in [6.45, 7) is 1.07. The number of aryl methyl sites for hydroxylation is 1. The van der Waals surface area contributed by atoms with Crippen LogP contribution in [0.15, 0.2) is 70.1 Å². The van der Waals surface area contributed by atoms with E-state index in [2.05, 4.69) is 4.98 Å². The van der Waals surface area contributed by atoms with Gasteiger partial charge in [0, 0.05) is 11.9 Å². The van der Waals surface area contributed by atoms with Gasteiger partial charge in [-0.1, -0.05) is 30.3 Å². The van der Waals surface area contributed by atoms with Crippen LogP contribution in [0.3, 0.4) is 0 Å². The molecule has 5 nitrogen and oxygen atoms in total. The van der Waals surface area contributed by atoms with E-state index in [1.807, 2.05) is 54.6 Å². The summed E-state index contributed by atoms with van der Waals surface area (Å²) < 4.78 is 12.9. The number of benzene rings is 2. The van der Waals surface area contributed by atoms with Gasteiger partial charge in [-0.2, -0.15) is 0 Å². The van der Waals surface area contributed by atoms with Crippen molar-refractivity contribution >= 4 is 22.1 Å². The Morgan fingerprint density at radius 3 is 2.71 bits per heavy atom. The monoisotopic (exact) mass is 320 g/mol. The van der Waals surface area contributed by atoms with E-state index in [-0.39, 0.29) is 5.56 Å². The summed E-state index contributed by atoms with van der Waals surface area (Å²) in [6.07, 6.45) is 2.29. The summed E-state index contributed by atoms with van der Waals surface area (Å²) in [6, 6.07) is 17.2. The molecular formula is C19H16N2O3. The van der Waals surface area contributed by atoms with Crippen LogP contribution in [0.2, 0.25) is 0 Å². The lowest BCUT2D eigenvalue weighted by molar-refractivity contribution is 0.300. The number of hydrogen-bond acceptors (Lipinski definition) is 4. The largest absolute Gasteiger partial charge is 0.494 e. The van der Waals surface area contributed by atoms with Crippen molar-refractivity contribution in [3.63, 3.8) is 0 Å². The summed E-state index contributed by atoms with van der Waals surface area (Å²) in [5.74, 6) is 0.829. The zero-order valence-corrected chi connectivity index (χ0v) is 13.0. The molecule has 5 heteroatoms. The molecule has 4 rings (SSSR count). The van der Waals surface area contributed by atoms with E-state index in [0.29, 0.717) is 36.3 Å². The Morgan fingerprint density at radius 2 is 1.83 bits per heavy atom. The molecule has 0 atom stereocenters. The normalized spacial score (nSPS) is 11.2. The SMILES string of the molecule is O=c1c2oc3ccccc3c2ncn1CCCOc1ccccc1. The van der Waals surface area contributed by atoms with Crippen LogP contribution < -0.4 is 10.3 Å². The van der Waals surface area contributed by atoms with Gasteiger partial charge < -0.3 is 9.15 Å². The number of para-hydroxylation sites is 2. The van der Waals surface area contributed by atoms with Gasteiger partial charge >= 0.3 is 0 Å². The van der Waals surface area contributed by atoms with Gasteiger partial charge in [-0.05, 0) is 30.7 Å². The zero-order valence-electron chi connectivity index (χ0n) is 13.0. The van der Waals surface area contributed by atoms with Crippen LogP contribution in [0.4, 0.5) is 0 Å². The molecule has 0 bridgehead atoms. The van der Waals surface area contributed by atoms with Crippen molar-refractivity contribution in [3.8, 4) is 5.75 Å². The van der Waals surface area contributed by atoms with E-state index >= 15 is 0 Å². The quantitative estimate of drug-likeness (QED) is 0.527. The molecule has 4 aromatic rings. The lowest BCUT2D eigenvalue weighted by Crippen LogP contribution is -2.21. The van der Waals surface area contributed by atoms with E-state index in [4.69, 9.17) is 9.15 Å². The van der Waals surface area contributed by atoms with Gasteiger partial charge in [0.05, 0.1) is 12.9 Å². The fraction of sp³-hybridized carbons (Fsp3) is 0.158. The van der Waals surface area contributed by atoms with E-state index in [1.54, 1.807) is 10.9 Å². The van der Waals surface area contributed by atoms with Gasteiger partial charge in [0.15, 0.2) is 0 Å². The molecule has 0 spiro atoms. The molecule has 0 saturated heterocycles. The second-order valence-electron chi connectivity index (χ2n) is 5.53. The highest BCUT2D eigenvalue weighted by atomic mass is 16.5. The minimum Gasteiger partial charge on any atom is -0.494 e. The lowest BCUT2D eigenvalue weighted by atomic mass is 10.2. The second-order valence-corrected chi connectivity index (χ2v) is 5.53. The molecular weight excluding hydrogens is 304 g/mol. The van der Waals surface area contributed by atoms with E-state index < -0.39 is 0 Å². The van der Waals surface area contributed by atoms with Crippen LogP contribution in [-0.4, -0.2) is 16.2 Å². The van der Waals surface area contributed by atoms with Crippen LogP contribution in [-0.2, 0) is 6.54 Å². The van der Waals surface area contributed by atoms with Crippen molar-refractivity contribution in [1.82, 2.24) is 9.55 Å². The molecule has 0 aliphatic carbocycles. The number of fused-ring (bicyclic) bond motifs is 3. The van der Waals surface area contributed by atoms with Gasteiger partial charge in [-0.15, -0.1) is 0 Å². The van der Waals surface area contributed by atoms with Crippen LogP contribution in [0.5, 0.6) is 5.75 Å². The molecule has 24 heavy (non-hydrogen) atoms. The third kappa shape index (κ3) is 2.65. The summed E-state index contributed by atoms with van der Waals surface area (Å²) in [4.78, 5) is 16.9. The van der Waals surface area contributed by atoms with Gasteiger partial charge in [-0.25, -0.2) is 4.98 Å². The third-order valence-corrected chi connectivity index (χ3v) is 3.91. The Bertz CT molecular complexity index is 1030. The Labute approximate surface area is 138 Å². The predicted molar refractivity (Wildman–Crippen MR) is 92.3 cm³/mol. The maximum absolute atomic E-state index is 12.6. The summed E-state index contributed by atoms with van der Waals surface area (Å²) in [5.41, 5.74) is 1.45. The summed E-state index contributed by atoms with van der Waals surface area (Å²) >= 11 is 0. The molecule has 0 aliphatic heterocycles. The highest BCUT2D eigenvalue weighted by Gasteiger charge is 2.12. The first-order chi connectivity index (χ1) is 11.8. The van der Waals surface area contributed by atoms with Crippen molar-refractivity contribution in [1.29, 1.82) is 0 Å². The van der Waals surface area contributed by atoms with Crippen LogP contribution in [0, 0.1) is 0 Å². The molecule has 0 radical (unpaired) electrons. The molecule has 0 N–H and O–H groups in total. The van der Waals surface area contributed by atoms with Gasteiger partial charge in [0.1, 0.15) is 16.8 Å². The van der Waals surface area contributed by atoms with Crippen molar-refractivity contribution < 1.29 is 9.15 Å². The van der Waals surface area contributed by atoms with Crippen molar-refractivity contribution in [3.05, 3.63) is 71.3 Å². The smallest absolute Gasteiger partial charge is 0.297 e. The molecule has 0 unspecified atom stereocenters. The lowest BCUT2D eigenvalue weighted by Gasteiger charge is -2.07. The maximum Gasteiger partial charge on any atom is 0.297 e. The highest BCUT2D eigenvalue weighted by Crippen LogP contribution is 2.24. The van der Waals surface area contributed by atoms with Crippen molar-refractivity contribution in [2.45, 2.75) is 13.0 Å². The molecule has 0 saturated carbocycles. The Kier molecular flexibility index (Phi) is 3.75. The average molecular weight is 320 g/mol. The molecule has 2 heterocycles. The number of furan rings is 1. The van der Waals surface area contributed by atoms with Crippen molar-refractivity contribution in [2.24, 2.45) is 0 Å². The Balaban J connectivity index is 1.51. The van der Waals surface area contributed by atoms with Gasteiger partial charge in [0.2, 0.25) is 5.58 Å². The topological polar surface area (TPSA) is 57.3 Å². The fourth-order valence-corrected chi connectivity index (χ4v) is 2.72. The predicted octanol–water partition coefficient (Wildman–Crippen LogP) is 3.61. The molecule has 0 fully saturated rings. The number of rotatable bonds is 5. The van der Waals surface area contributed by atoms with E-state index in [1.165, 1.54) is 0 Å². The summed E-state index contributed by atoms with van der Waals surface area (Å²) in [7, 11) is 0. The van der Waals surface area contributed by atoms with Crippen LogP contribution >= 0.6 is 0 Å². The number of aromatic nitrogens is 2. The first-order valence-electron chi connectivity index (χ1n) is 7.87. The minimum atomic E-state index is -0.157. The summed E-state index contributed by atoms with van der Waals surface area (Å²) in [5, 5.41) is 0.865.